The zero-order valence-corrected chi connectivity index (χ0v) is 18.8. The smallest absolute Gasteiger partial charge is 0.377 e. The molecule has 1 atom stereocenters. The fourth-order valence-electron chi connectivity index (χ4n) is 3.40. The van der Waals surface area contributed by atoms with E-state index >= 15 is 0 Å². The second-order valence-electron chi connectivity index (χ2n) is 7.78. The van der Waals surface area contributed by atoms with E-state index in [0.717, 1.165) is 12.3 Å². The third-order valence-electron chi connectivity index (χ3n) is 5.15. The number of rotatable bonds is 6. The van der Waals surface area contributed by atoms with Gasteiger partial charge in [-0.3, -0.25) is 4.79 Å². The Labute approximate surface area is 200 Å². The van der Waals surface area contributed by atoms with Crippen LogP contribution in [0.15, 0.2) is 35.3 Å². The number of H-pyrrole nitrogens is 1. The molecule has 0 spiro atoms. The number of halogens is 6. The van der Waals surface area contributed by atoms with Crippen LogP contribution in [0.4, 0.5) is 42.6 Å². The number of aromatic amines is 1. The third kappa shape index (κ3) is 6.85. The predicted molar refractivity (Wildman–Crippen MR) is 116 cm³/mol. The Morgan fingerprint density at radius 3 is 2.39 bits per heavy atom. The molecule has 10 nitrogen and oxygen atoms in total. The molecule has 1 fully saturated rings. The molecule has 3 rings (SSSR count). The van der Waals surface area contributed by atoms with Gasteiger partial charge < -0.3 is 20.4 Å². The Balaban J connectivity index is 1.45. The van der Waals surface area contributed by atoms with Crippen LogP contribution in [-0.4, -0.2) is 70.1 Å². The fourth-order valence-corrected chi connectivity index (χ4v) is 3.40. The van der Waals surface area contributed by atoms with Crippen molar-refractivity contribution in [3.63, 3.8) is 0 Å². The molecule has 0 aliphatic carbocycles. The van der Waals surface area contributed by atoms with Gasteiger partial charge in [0.2, 0.25) is 0 Å². The number of amides is 2. The average Bonchev–Trinajstić information content (AvgIpc) is 2.80. The maximum Gasteiger partial charge on any atom is 0.435 e. The van der Waals surface area contributed by atoms with Crippen LogP contribution < -0.4 is 21.1 Å². The second kappa shape index (κ2) is 10.8. The zero-order valence-electron chi connectivity index (χ0n) is 18.8. The number of aromatic nitrogens is 4. The van der Waals surface area contributed by atoms with Crippen molar-refractivity contribution in [3.8, 4) is 0 Å². The van der Waals surface area contributed by atoms with Crippen LogP contribution in [0.25, 0.3) is 0 Å². The van der Waals surface area contributed by atoms with E-state index in [-0.39, 0.29) is 18.4 Å². The summed E-state index contributed by atoms with van der Waals surface area (Å²) in [5.74, 6) is 0.275. The van der Waals surface area contributed by atoms with Gasteiger partial charge in [-0.05, 0) is 19.1 Å². The van der Waals surface area contributed by atoms with Crippen molar-refractivity contribution >= 4 is 17.5 Å². The first-order valence-electron chi connectivity index (χ1n) is 10.6. The first-order chi connectivity index (χ1) is 16.9. The van der Waals surface area contributed by atoms with Gasteiger partial charge in [-0.1, -0.05) is 12.2 Å². The fraction of sp³-hybridized carbons (Fsp3) is 0.450. The van der Waals surface area contributed by atoms with Gasteiger partial charge in [-0.25, -0.2) is 9.89 Å². The summed E-state index contributed by atoms with van der Waals surface area (Å²) >= 11 is 0. The molecule has 2 aromatic heterocycles. The maximum absolute atomic E-state index is 13.1. The Morgan fingerprint density at radius 1 is 1.11 bits per heavy atom. The van der Waals surface area contributed by atoms with Gasteiger partial charge in [0.25, 0.3) is 5.56 Å². The first kappa shape index (κ1) is 26.7. The number of nitrogens with one attached hydrogen (secondary N) is 3. The number of carbonyl (C=O) groups is 1. The van der Waals surface area contributed by atoms with E-state index in [1.165, 1.54) is 23.1 Å². The molecule has 16 heteroatoms. The highest BCUT2D eigenvalue weighted by atomic mass is 19.4. The third-order valence-corrected chi connectivity index (χ3v) is 5.15. The largest absolute Gasteiger partial charge is 0.435 e. The molecule has 3 N–H and O–H groups in total. The van der Waals surface area contributed by atoms with Crippen molar-refractivity contribution in [1.29, 1.82) is 0 Å². The molecular weight excluding hydrogens is 498 g/mol. The quantitative estimate of drug-likeness (QED) is 0.396. The minimum Gasteiger partial charge on any atom is -0.377 e. The van der Waals surface area contributed by atoms with Gasteiger partial charge in [-0.2, -0.15) is 31.4 Å². The van der Waals surface area contributed by atoms with Crippen molar-refractivity contribution in [2.45, 2.75) is 25.3 Å². The topological polar surface area (TPSA) is 119 Å². The van der Waals surface area contributed by atoms with E-state index in [1.807, 2.05) is 0 Å². The monoisotopic (exact) mass is 520 g/mol. The summed E-state index contributed by atoms with van der Waals surface area (Å²) in [4.78, 5) is 27.1. The van der Waals surface area contributed by atoms with Crippen LogP contribution in [0, 0.1) is 0 Å². The van der Waals surface area contributed by atoms with E-state index in [4.69, 9.17) is 0 Å². The lowest BCUT2D eigenvalue weighted by atomic mass is 10.2. The molecule has 0 radical (unpaired) electrons. The van der Waals surface area contributed by atoms with Crippen molar-refractivity contribution < 1.29 is 31.1 Å². The number of alkyl halides is 6. The number of urea groups is 1. The van der Waals surface area contributed by atoms with E-state index < -0.39 is 40.9 Å². The summed E-state index contributed by atoms with van der Waals surface area (Å²) in [6.45, 7) is 2.93. The van der Waals surface area contributed by atoms with E-state index in [1.54, 1.807) is 16.9 Å². The molecule has 2 aromatic rings. The number of carbonyl (C=O) groups excluding carboxylic acids is 1. The summed E-state index contributed by atoms with van der Waals surface area (Å²) in [6.07, 6.45) is -5.51. The standard InChI is InChI=1S/C20H22F6N8O2/c1-12(29-13-11-28-32-17(35)16(13)20(24,25)26)3-2-6-27-18(36)34-9-7-33(8-10-34)15-5-4-14(30-31-15)19(21,22)23/h2-5,11-12H,6-10H2,1H3,(H,27,36)(H2,29,32,35)/b3-2+/t12-/m0/s1. The highest BCUT2D eigenvalue weighted by Crippen LogP contribution is 2.31. The van der Waals surface area contributed by atoms with Gasteiger partial charge in [0.15, 0.2) is 11.5 Å². The van der Waals surface area contributed by atoms with Crippen LogP contribution >= 0.6 is 0 Å². The van der Waals surface area contributed by atoms with Gasteiger partial charge in [0.1, 0.15) is 5.56 Å². The van der Waals surface area contributed by atoms with Gasteiger partial charge >= 0.3 is 18.4 Å². The summed E-state index contributed by atoms with van der Waals surface area (Å²) in [5.41, 5.74) is -4.30. The lowest BCUT2D eigenvalue weighted by Gasteiger charge is -2.35. The highest BCUT2D eigenvalue weighted by Gasteiger charge is 2.37. The SMILES string of the molecule is C[C@@H](/C=C/CNC(=O)N1CCN(c2ccc(C(F)(F)F)nn2)CC1)Nc1cn[nH]c(=O)c1C(F)(F)F. The van der Waals surface area contributed by atoms with Crippen LogP contribution in [0.2, 0.25) is 0 Å². The minimum absolute atomic E-state index is 0.0925. The van der Waals surface area contributed by atoms with Crippen molar-refractivity contribution in [2.75, 3.05) is 42.9 Å². The van der Waals surface area contributed by atoms with Gasteiger partial charge in [0.05, 0.1) is 11.9 Å². The average molecular weight is 520 g/mol. The molecular formula is C20H22F6N8O2. The summed E-state index contributed by atoms with van der Waals surface area (Å²) in [7, 11) is 0. The number of nitrogens with zero attached hydrogens (tertiary/aromatic N) is 5. The molecule has 196 valence electrons. The summed E-state index contributed by atoms with van der Waals surface area (Å²) in [5, 5.41) is 17.1. The van der Waals surface area contributed by atoms with Gasteiger partial charge in [-0.15, -0.1) is 10.2 Å². The van der Waals surface area contributed by atoms with Crippen molar-refractivity contribution in [1.82, 2.24) is 30.6 Å². The molecule has 0 bridgehead atoms. The lowest BCUT2D eigenvalue weighted by Crippen LogP contribution is -2.52. The number of hydrogen-bond donors (Lipinski definition) is 3. The Bertz CT molecular complexity index is 1120. The van der Waals surface area contributed by atoms with Crippen LogP contribution in [0.3, 0.4) is 0 Å². The van der Waals surface area contributed by atoms with Crippen molar-refractivity contribution in [2.24, 2.45) is 0 Å². The molecule has 0 unspecified atom stereocenters. The predicted octanol–water partition coefficient (Wildman–Crippen LogP) is 2.49. The Kier molecular flexibility index (Phi) is 8.04. The van der Waals surface area contributed by atoms with Crippen molar-refractivity contribution in [3.05, 3.63) is 52.1 Å². The molecule has 1 aliphatic heterocycles. The van der Waals surface area contributed by atoms with Crippen LogP contribution in [-0.2, 0) is 12.4 Å². The Hall–Kier alpha value is -3.85. The van der Waals surface area contributed by atoms with E-state index in [0.29, 0.717) is 26.2 Å². The second-order valence-corrected chi connectivity index (χ2v) is 7.78. The molecule has 1 aliphatic rings. The number of piperazine rings is 1. The molecule has 3 heterocycles. The molecule has 0 saturated carbocycles. The summed E-state index contributed by atoms with van der Waals surface area (Å²) < 4.78 is 77.1. The first-order valence-corrected chi connectivity index (χ1v) is 10.6. The zero-order chi connectivity index (χ0) is 26.5. The molecule has 0 aromatic carbocycles. The van der Waals surface area contributed by atoms with Gasteiger partial charge in [0, 0.05) is 38.8 Å². The van der Waals surface area contributed by atoms with E-state index in [2.05, 4.69) is 25.9 Å². The molecule has 36 heavy (non-hydrogen) atoms. The minimum atomic E-state index is -4.86. The number of hydrogen-bond acceptors (Lipinski definition) is 7. The number of anilines is 2. The molecule has 2 amide bonds. The lowest BCUT2D eigenvalue weighted by molar-refractivity contribution is -0.141. The normalized spacial score (nSPS) is 15.8. The van der Waals surface area contributed by atoms with Crippen LogP contribution in [0.5, 0.6) is 0 Å². The molecule has 1 saturated heterocycles. The van der Waals surface area contributed by atoms with E-state index in [9.17, 15) is 35.9 Å². The Morgan fingerprint density at radius 2 is 1.81 bits per heavy atom. The van der Waals surface area contributed by atoms with Crippen LogP contribution in [0.1, 0.15) is 18.2 Å². The summed E-state index contributed by atoms with van der Waals surface area (Å²) in [6, 6.07) is 1.08. The highest BCUT2D eigenvalue weighted by molar-refractivity contribution is 5.74. The maximum atomic E-state index is 13.1.